The van der Waals surface area contributed by atoms with Gasteiger partial charge in [-0.05, 0) is 10.9 Å². The van der Waals surface area contributed by atoms with Crippen molar-refractivity contribution in [3.8, 4) is 0 Å². The van der Waals surface area contributed by atoms with Crippen molar-refractivity contribution in [3.05, 3.63) is 10.6 Å². The maximum absolute atomic E-state index is 4.10. The average Bonchev–Trinajstić information content (AvgIpc) is 1.35. The van der Waals surface area contributed by atoms with Crippen LogP contribution in [0.2, 0.25) is 0 Å². The monoisotopic (exact) mass is 118 g/mol. The fourth-order valence-corrected chi connectivity index (χ4v) is 0.886. The summed E-state index contributed by atoms with van der Waals surface area (Å²) in [6.45, 7) is 2.12. The summed E-state index contributed by atoms with van der Waals surface area (Å²) in [5, 5.41) is 0. The highest BCUT2D eigenvalue weighted by molar-refractivity contribution is 7.86. The number of hydrogen-bond donors (Lipinski definition) is 1. The molecule has 2 heteroatoms. The van der Waals surface area contributed by atoms with E-state index in [0.29, 0.717) is 0 Å². The molecule has 0 bridgehead atoms. The van der Waals surface area contributed by atoms with E-state index in [9.17, 15) is 0 Å². The standard InChI is InChI=1S/C4H10SSi/c1-2-3-4(5)6/h3,5H,2H2,1,6H3. The van der Waals surface area contributed by atoms with Gasteiger partial charge in [0.1, 0.15) is 0 Å². The van der Waals surface area contributed by atoms with Gasteiger partial charge in [-0.15, -0.1) is 0 Å². The maximum Gasteiger partial charge on any atom is 0.0459 e. The molecule has 0 radical (unpaired) electrons. The van der Waals surface area contributed by atoms with Gasteiger partial charge in [-0.3, -0.25) is 0 Å². The Hall–Kier alpha value is 0.307. The molecule has 0 N–H and O–H groups in total. The molecule has 0 heterocycles. The van der Waals surface area contributed by atoms with Crippen LogP contribution in [0.4, 0.5) is 0 Å². The summed E-state index contributed by atoms with van der Waals surface area (Å²) >= 11 is 4.10. The van der Waals surface area contributed by atoms with Crippen LogP contribution in [0.5, 0.6) is 0 Å². The van der Waals surface area contributed by atoms with E-state index < -0.39 is 0 Å². The molecule has 0 aliphatic heterocycles. The van der Waals surface area contributed by atoms with Gasteiger partial charge in [-0.2, -0.15) is 12.6 Å². The van der Waals surface area contributed by atoms with Crippen molar-refractivity contribution in [2.24, 2.45) is 0 Å². The molecule has 0 spiro atoms. The Balaban J connectivity index is 3.14. The predicted molar refractivity (Wildman–Crippen MR) is 37.3 cm³/mol. The topological polar surface area (TPSA) is 0 Å². The second-order valence-electron chi connectivity index (χ2n) is 1.25. The van der Waals surface area contributed by atoms with Gasteiger partial charge in [-0.1, -0.05) is 13.0 Å². The molecule has 0 saturated heterocycles. The Kier molecular flexibility index (Phi) is 3.67. The third-order valence-corrected chi connectivity index (χ3v) is 1.09. The van der Waals surface area contributed by atoms with E-state index in [1.807, 2.05) is 0 Å². The molecule has 36 valence electrons. The SMILES string of the molecule is CCC=C([SiH3])S. The van der Waals surface area contributed by atoms with E-state index in [2.05, 4.69) is 25.6 Å². The minimum Gasteiger partial charge on any atom is -0.154 e. The average molecular weight is 118 g/mol. The molecule has 0 fully saturated rings. The zero-order valence-electron chi connectivity index (χ0n) is 4.23. The summed E-state index contributed by atoms with van der Waals surface area (Å²) in [6, 6.07) is 0. The fourth-order valence-electron chi connectivity index (χ4n) is 0.295. The van der Waals surface area contributed by atoms with Crippen LogP contribution >= 0.6 is 12.6 Å². The largest absolute Gasteiger partial charge is 0.154 e. The van der Waals surface area contributed by atoms with Crippen LogP contribution in [-0.2, 0) is 0 Å². The van der Waals surface area contributed by atoms with Crippen molar-refractivity contribution < 1.29 is 0 Å². The van der Waals surface area contributed by atoms with Crippen LogP contribution in [0.25, 0.3) is 0 Å². The highest BCUT2D eigenvalue weighted by atomic mass is 32.1. The molecular formula is C4H10SSi. The van der Waals surface area contributed by atoms with Crippen molar-refractivity contribution in [3.63, 3.8) is 0 Å². The molecule has 0 aromatic rings. The van der Waals surface area contributed by atoms with Crippen LogP contribution in [0.15, 0.2) is 10.6 Å². The minimum absolute atomic E-state index is 1.10. The molecule has 0 unspecified atom stereocenters. The Bertz CT molecular complexity index is 54.6. The number of allylic oxidation sites excluding steroid dienone is 1. The zero-order chi connectivity index (χ0) is 4.99. The normalized spacial score (nSPS) is 12.7. The van der Waals surface area contributed by atoms with Gasteiger partial charge in [0.05, 0.1) is 0 Å². The Morgan fingerprint density at radius 2 is 2.50 bits per heavy atom. The number of hydrogen-bond acceptors (Lipinski definition) is 1. The van der Waals surface area contributed by atoms with E-state index in [1.165, 1.54) is 4.53 Å². The Morgan fingerprint density at radius 3 is 2.50 bits per heavy atom. The molecule has 6 heavy (non-hydrogen) atoms. The van der Waals surface area contributed by atoms with E-state index >= 15 is 0 Å². The lowest BCUT2D eigenvalue weighted by atomic mass is 10.5. The summed E-state index contributed by atoms with van der Waals surface area (Å²) in [5.74, 6) is 0. The van der Waals surface area contributed by atoms with Gasteiger partial charge < -0.3 is 0 Å². The van der Waals surface area contributed by atoms with Crippen molar-refractivity contribution in [1.82, 2.24) is 0 Å². The first kappa shape index (κ1) is 6.31. The van der Waals surface area contributed by atoms with E-state index in [-0.39, 0.29) is 0 Å². The predicted octanol–water partition coefficient (Wildman–Crippen LogP) is 0.533. The first-order chi connectivity index (χ1) is 2.77. The van der Waals surface area contributed by atoms with Gasteiger partial charge in [0.25, 0.3) is 0 Å². The molecule has 0 nitrogen and oxygen atoms in total. The van der Waals surface area contributed by atoms with E-state index in [0.717, 1.165) is 16.7 Å². The van der Waals surface area contributed by atoms with Crippen LogP contribution in [0, 0.1) is 0 Å². The summed E-state index contributed by atoms with van der Waals surface area (Å²) in [6.07, 6.45) is 3.26. The lowest BCUT2D eigenvalue weighted by molar-refractivity contribution is 1.23. The maximum atomic E-state index is 4.10. The third kappa shape index (κ3) is 4.31. The third-order valence-electron chi connectivity index (χ3n) is 0.500. The Morgan fingerprint density at radius 1 is 2.00 bits per heavy atom. The van der Waals surface area contributed by atoms with Crippen LogP contribution in [0.1, 0.15) is 13.3 Å². The Labute approximate surface area is 47.5 Å². The highest BCUT2D eigenvalue weighted by Gasteiger charge is 1.68. The molecular weight excluding hydrogens is 108 g/mol. The first-order valence-corrected chi connectivity index (χ1v) is 3.57. The van der Waals surface area contributed by atoms with E-state index in [4.69, 9.17) is 0 Å². The van der Waals surface area contributed by atoms with Gasteiger partial charge in [0, 0.05) is 10.2 Å². The van der Waals surface area contributed by atoms with Gasteiger partial charge >= 0.3 is 0 Å². The summed E-state index contributed by atoms with van der Waals surface area (Å²) < 4.78 is 1.25. The molecule has 0 rings (SSSR count). The zero-order valence-corrected chi connectivity index (χ0v) is 7.13. The second kappa shape index (κ2) is 3.50. The minimum atomic E-state index is 1.10. The van der Waals surface area contributed by atoms with Gasteiger partial charge in [0.2, 0.25) is 0 Å². The lowest BCUT2D eigenvalue weighted by Crippen LogP contribution is -1.62. The van der Waals surface area contributed by atoms with Crippen molar-refractivity contribution in [1.29, 1.82) is 0 Å². The molecule has 0 aliphatic carbocycles. The van der Waals surface area contributed by atoms with Gasteiger partial charge in [-0.25, -0.2) is 0 Å². The van der Waals surface area contributed by atoms with E-state index in [1.54, 1.807) is 0 Å². The molecule has 0 aliphatic rings. The smallest absolute Gasteiger partial charge is 0.0459 e. The summed E-state index contributed by atoms with van der Waals surface area (Å²) in [4.78, 5) is 0. The summed E-state index contributed by atoms with van der Waals surface area (Å²) in [7, 11) is 1.10. The summed E-state index contributed by atoms with van der Waals surface area (Å²) in [5.41, 5.74) is 0. The van der Waals surface area contributed by atoms with Crippen molar-refractivity contribution in [2.75, 3.05) is 0 Å². The van der Waals surface area contributed by atoms with Crippen LogP contribution < -0.4 is 0 Å². The first-order valence-electron chi connectivity index (χ1n) is 2.13. The molecule has 0 atom stereocenters. The second-order valence-corrected chi connectivity index (χ2v) is 3.88. The van der Waals surface area contributed by atoms with Crippen LogP contribution in [-0.4, -0.2) is 10.2 Å². The van der Waals surface area contributed by atoms with Gasteiger partial charge in [0.15, 0.2) is 0 Å². The van der Waals surface area contributed by atoms with Crippen LogP contribution in [0.3, 0.4) is 0 Å². The number of thiol groups is 1. The molecule has 0 saturated carbocycles. The lowest BCUT2D eigenvalue weighted by Gasteiger charge is -1.79. The van der Waals surface area contributed by atoms with Crippen molar-refractivity contribution >= 4 is 22.9 Å². The quantitative estimate of drug-likeness (QED) is 0.377. The molecule has 0 amide bonds. The number of rotatable bonds is 1. The molecule has 0 aromatic carbocycles. The highest BCUT2D eigenvalue weighted by Crippen LogP contribution is 1.92. The molecule has 0 aromatic heterocycles. The van der Waals surface area contributed by atoms with Crippen molar-refractivity contribution in [2.45, 2.75) is 13.3 Å². The fraction of sp³-hybridized carbons (Fsp3) is 0.500.